The highest BCUT2D eigenvalue weighted by atomic mass is 16.5. The third-order valence-electron chi connectivity index (χ3n) is 2.25. The first kappa shape index (κ1) is 12.6. The molecule has 4 nitrogen and oxygen atoms in total. The Balaban J connectivity index is 2.41. The molecule has 0 saturated carbocycles. The van der Waals surface area contributed by atoms with Crippen LogP contribution in [0.15, 0.2) is 18.2 Å². The summed E-state index contributed by atoms with van der Waals surface area (Å²) in [4.78, 5) is 0. The van der Waals surface area contributed by atoms with Gasteiger partial charge in [0.05, 0.1) is 13.7 Å². The van der Waals surface area contributed by atoms with Gasteiger partial charge in [0.2, 0.25) is 0 Å². The molecule has 0 saturated heterocycles. The van der Waals surface area contributed by atoms with Crippen LogP contribution in [0.3, 0.4) is 0 Å². The lowest BCUT2D eigenvalue weighted by Gasteiger charge is -2.10. The first-order valence-electron chi connectivity index (χ1n) is 5.45. The fraction of sp³-hybridized carbons (Fsp3) is 0.500. The van der Waals surface area contributed by atoms with Crippen LogP contribution in [0.5, 0.6) is 11.5 Å². The third-order valence-corrected chi connectivity index (χ3v) is 2.25. The molecule has 0 radical (unpaired) electrons. The molecule has 0 unspecified atom stereocenters. The predicted molar refractivity (Wildman–Crippen MR) is 63.8 cm³/mol. The summed E-state index contributed by atoms with van der Waals surface area (Å²) < 4.78 is 10.7. The fourth-order valence-electron chi connectivity index (χ4n) is 1.38. The van der Waals surface area contributed by atoms with Gasteiger partial charge in [-0.1, -0.05) is 0 Å². The minimum Gasteiger partial charge on any atom is -0.493 e. The summed E-state index contributed by atoms with van der Waals surface area (Å²) in [5, 5.41) is 8.62. The highest BCUT2D eigenvalue weighted by Gasteiger charge is 2.03. The number of ether oxygens (including phenoxy) is 2. The first-order valence-corrected chi connectivity index (χ1v) is 5.45. The predicted octanol–water partition coefficient (Wildman–Crippen LogP) is 1.82. The van der Waals surface area contributed by atoms with Crippen molar-refractivity contribution in [3.63, 3.8) is 0 Å². The van der Waals surface area contributed by atoms with Gasteiger partial charge in [0.25, 0.3) is 0 Å². The second-order valence-electron chi connectivity index (χ2n) is 3.54. The van der Waals surface area contributed by atoms with Gasteiger partial charge in [0, 0.05) is 18.4 Å². The molecule has 0 spiro atoms. The Morgan fingerprint density at radius 2 is 2.00 bits per heavy atom. The van der Waals surface area contributed by atoms with Gasteiger partial charge in [0.1, 0.15) is 0 Å². The van der Waals surface area contributed by atoms with Gasteiger partial charge in [-0.3, -0.25) is 0 Å². The number of rotatable bonds is 7. The summed E-state index contributed by atoms with van der Waals surface area (Å²) in [6.45, 7) is 0.867. The van der Waals surface area contributed by atoms with E-state index in [-0.39, 0.29) is 6.61 Å². The number of unbranched alkanes of at least 4 members (excludes halogenated alkanes) is 2. The molecule has 0 aliphatic heterocycles. The highest BCUT2D eigenvalue weighted by molar-refractivity contribution is 5.51. The smallest absolute Gasteiger partial charge is 0.162 e. The summed E-state index contributed by atoms with van der Waals surface area (Å²) in [6.07, 6.45) is 2.71. The van der Waals surface area contributed by atoms with Gasteiger partial charge in [0.15, 0.2) is 11.5 Å². The summed E-state index contributed by atoms with van der Waals surface area (Å²) in [5.41, 5.74) is 6.29. The molecule has 3 N–H and O–H groups in total. The highest BCUT2D eigenvalue weighted by Crippen LogP contribution is 2.29. The average molecular weight is 225 g/mol. The number of aliphatic hydroxyl groups excluding tert-OH is 1. The van der Waals surface area contributed by atoms with E-state index in [1.165, 1.54) is 0 Å². The Hall–Kier alpha value is -1.42. The summed E-state index contributed by atoms with van der Waals surface area (Å²) in [6, 6.07) is 5.33. The van der Waals surface area contributed by atoms with Crippen molar-refractivity contribution in [2.75, 3.05) is 26.1 Å². The van der Waals surface area contributed by atoms with E-state index >= 15 is 0 Å². The Morgan fingerprint density at radius 3 is 2.69 bits per heavy atom. The van der Waals surface area contributed by atoms with E-state index in [0.29, 0.717) is 23.8 Å². The number of hydrogen-bond donors (Lipinski definition) is 2. The Labute approximate surface area is 96.0 Å². The lowest BCUT2D eigenvalue weighted by molar-refractivity contribution is 0.260. The van der Waals surface area contributed by atoms with E-state index < -0.39 is 0 Å². The number of nitrogen functional groups attached to an aromatic ring is 1. The number of hydrogen-bond acceptors (Lipinski definition) is 4. The topological polar surface area (TPSA) is 64.7 Å². The third kappa shape index (κ3) is 3.98. The van der Waals surface area contributed by atoms with E-state index in [4.69, 9.17) is 20.3 Å². The molecule has 1 aromatic rings. The van der Waals surface area contributed by atoms with Crippen molar-refractivity contribution in [1.82, 2.24) is 0 Å². The molecule has 0 aliphatic carbocycles. The van der Waals surface area contributed by atoms with Crippen LogP contribution in [0.2, 0.25) is 0 Å². The molecule has 0 fully saturated rings. The zero-order chi connectivity index (χ0) is 11.8. The van der Waals surface area contributed by atoms with Gasteiger partial charge in [-0.25, -0.2) is 0 Å². The van der Waals surface area contributed by atoms with Gasteiger partial charge >= 0.3 is 0 Å². The van der Waals surface area contributed by atoms with Crippen molar-refractivity contribution in [1.29, 1.82) is 0 Å². The number of benzene rings is 1. The monoisotopic (exact) mass is 225 g/mol. The number of methoxy groups -OCH3 is 1. The van der Waals surface area contributed by atoms with Crippen LogP contribution in [-0.4, -0.2) is 25.4 Å². The molecule has 0 bridgehead atoms. The van der Waals surface area contributed by atoms with Gasteiger partial charge in [-0.15, -0.1) is 0 Å². The molecular weight excluding hydrogens is 206 g/mol. The van der Waals surface area contributed by atoms with Crippen LogP contribution in [0, 0.1) is 0 Å². The van der Waals surface area contributed by atoms with E-state index in [1.807, 2.05) is 0 Å². The quantitative estimate of drug-likeness (QED) is 0.548. The molecule has 0 amide bonds. The Kier molecular flexibility index (Phi) is 5.50. The Bertz CT molecular complexity index is 315. The Morgan fingerprint density at radius 1 is 1.19 bits per heavy atom. The molecular formula is C12H19NO3. The number of anilines is 1. The van der Waals surface area contributed by atoms with Crippen LogP contribution >= 0.6 is 0 Å². The lowest BCUT2D eigenvalue weighted by Crippen LogP contribution is -2.00. The minimum atomic E-state index is 0.241. The largest absolute Gasteiger partial charge is 0.493 e. The average Bonchev–Trinajstić information content (AvgIpc) is 2.30. The summed E-state index contributed by atoms with van der Waals surface area (Å²) in [7, 11) is 1.59. The van der Waals surface area contributed by atoms with E-state index in [9.17, 15) is 0 Å². The van der Waals surface area contributed by atoms with Crippen LogP contribution in [0.4, 0.5) is 5.69 Å². The van der Waals surface area contributed by atoms with Gasteiger partial charge in [-0.05, 0) is 31.4 Å². The normalized spacial score (nSPS) is 10.1. The first-order chi connectivity index (χ1) is 7.77. The van der Waals surface area contributed by atoms with E-state index in [1.54, 1.807) is 25.3 Å². The van der Waals surface area contributed by atoms with Crippen molar-refractivity contribution in [3.8, 4) is 11.5 Å². The zero-order valence-corrected chi connectivity index (χ0v) is 9.61. The van der Waals surface area contributed by atoms with Crippen molar-refractivity contribution >= 4 is 5.69 Å². The second-order valence-corrected chi connectivity index (χ2v) is 3.54. The van der Waals surface area contributed by atoms with Crippen LogP contribution in [0.25, 0.3) is 0 Å². The van der Waals surface area contributed by atoms with Crippen LogP contribution in [0.1, 0.15) is 19.3 Å². The summed E-state index contributed by atoms with van der Waals surface area (Å²) >= 11 is 0. The molecule has 4 heteroatoms. The van der Waals surface area contributed by atoms with Crippen molar-refractivity contribution in [2.24, 2.45) is 0 Å². The molecule has 0 heterocycles. The van der Waals surface area contributed by atoms with E-state index in [2.05, 4.69) is 0 Å². The van der Waals surface area contributed by atoms with Crippen molar-refractivity contribution in [2.45, 2.75) is 19.3 Å². The SMILES string of the molecule is COc1cc(N)ccc1OCCCCCO. The van der Waals surface area contributed by atoms with Crippen molar-refractivity contribution < 1.29 is 14.6 Å². The van der Waals surface area contributed by atoms with Crippen molar-refractivity contribution in [3.05, 3.63) is 18.2 Å². The fourth-order valence-corrected chi connectivity index (χ4v) is 1.38. The molecule has 0 atom stereocenters. The van der Waals surface area contributed by atoms with E-state index in [0.717, 1.165) is 19.3 Å². The standard InChI is InChI=1S/C12H19NO3/c1-15-12-9-10(13)5-6-11(12)16-8-4-2-3-7-14/h5-6,9,14H,2-4,7-8,13H2,1H3. The molecule has 1 rings (SSSR count). The maximum Gasteiger partial charge on any atom is 0.162 e. The zero-order valence-electron chi connectivity index (χ0n) is 9.61. The minimum absolute atomic E-state index is 0.241. The van der Waals surface area contributed by atoms with Crippen LogP contribution in [-0.2, 0) is 0 Å². The molecule has 1 aromatic carbocycles. The van der Waals surface area contributed by atoms with Gasteiger partial charge in [-0.2, -0.15) is 0 Å². The second kappa shape index (κ2) is 6.95. The van der Waals surface area contributed by atoms with Crippen LogP contribution < -0.4 is 15.2 Å². The number of nitrogens with two attached hydrogens (primary N) is 1. The molecule has 0 aromatic heterocycles. The lowest BCUT2D eigenvalue weighted by atomic mass is 10.2. The van der Waals surface area contributed by atoms with Gasteiger partial charge < -0.3 is 20.3 Å². The maximum atomic E-state index is 8.62. The molecule has 0 aliphatic rings. The number of aliphatic hydroxyl groups is 1. The molecule has 90 valence electrons. The maximum absolute atomic E-state index is 8.62. The molecule has 16 heavy (non-hydrogen) atoms. The summed E-state index contributed by atoms with van der Waals surface area (Å²) in [5.74, 6) is 1.36.